The third-order valence-electron chi connectivity index (χ3n) is 2.61. The highest BCUT2D eigenvalue weighted by molar-refractivity contribution is 5.18. The molecule has 0 fully saturated rings. The lowest BCUT2D eigenvalue weighted by molar-refractivity contribution is 0.487. The molecule has 0 saturated heterocycles. The molecule has 98 valence electrons. The van der Waals surface area contributed by atoms with Gasteiger partial charge in [0.2, 0.25) is 5.89 Å². The van der Waals surface area contributed by atoms with Crippen LogP contribution in [0.2, 0.25) is 0 Å². The van der Waals surface area contributed by atoms with Gasteiger partial charge in [-0.25, -0.2) is 0 Å². The molecule has 1 heterocycles. The summed E-state index contributed by atoms with van der Waals surface area (Å²) in [5.41, 5.74) is 5.42. The summed E-state index contributed by atoms with van der Waals surface area (Å²) in [6.45, 7) is 7.16. The number of aromatic nitrogens is 2. The molecule has 5 nitrogen and oxygen atoms in total. The van der Waals surface area contributed by atoms with Crippen molar-refractivity contribution in [2.24, 2.45) is 11.7 Å². The van der Waals surface area contributed by atoms with Crippen LogP contribution in [-0.4, -0.2) is 22.8 Å². The molecule has 0 radical (unpaired) electrons. The van der Waals surface area contributed by atoms with Gasteiger partial charge in [-0.05, 0) is 19.3 Å². The van der Waals surface area contributed by atoms with E-state index in [0.717, 1.165) is 12.3 Å². The first kappa shape index (κ1) is 14.0. The summed E-state index contributed by atoms with van der Waals surface area (Å²) in [7, 11) is 0. The fourth-order valence-corrected chi connectivity index (χ4v) is 1.65. The molecule has 0 spiro atoms. The van der Waals surface area contributed by atoms with Gasteiger partial charge in [-0.2, -0.15) is 0 Å². The van der Waals surface area contributed by atoms with E-state index in [4.69, 9.17) is 10.2 Å². The van der Waals surface area contributed by atoms with Crippen molar-refractivity contribution in [1.82, 2.24) is 10.2 Å². The summed E-state index contributed by atoms with van der Waals surface area (Å²) >= 11 is 0. The Hall–Kier alpha value is -1.10. The number of hydrogen-bond donors (Lipinski definition) is 2. The van der Waals surface area contributed by atoms with Crippen molar-refractivity contribution in [2.75, 3.05) is 11.9 Å². The van der Waals surface area contributed by atoms with Crippen molar-refractivity contribution >= 4 is 6.01 Å². The Kier molecular flexibility index (Phi) is 5.97. The Balaban J connectivity index is 2.26. The molecule has 5 heteroatoms. The Morgan fingerprint density at radius 3 is 2.65 bits per heavy atom. The fourth-order valence-electron chi connectivity index (χ4n) is 1.65. The molecular formula is C12H24N4O. The molecule has 1 aromatic heterocycles. The summed E-state index contributed by atoms with van der Waals surface area (Å²) < 4.78 is 5.41. The summed E-state index contributed by atoms with van der Waals surface area (Å²) in [6.07, 6.45) is 4.23. The first-order chi connectivity index (χ1) is 8.11. The van der Waals surface area contributed by atoms with Gasteiger partial charge in [-0.1, -0.05) is 31.8 Å². The smallest absolute Gasteiger partial charge is 0.315 e. The standard InChI is InChI=1S/C12H24N4O/c1-9(2)5-4-6-10(3)14-12-16-15-11(17-12)7-8-13/h9-10H,4-8,13H2,1-3H3,(H,14,16). The van der Waals surface area contributed by atoms with Gasteiger partial charge in [0.1, 0.15) is 0 Å². The van der Waals surface area contributed by atoms with Crippen LogP contribution >= 0.6 is 0 Å². The predicted octanol–water partition coefficient (Wildman–Crippen LogP) is 2.20. The van der Waals surface area contributed by atoms with Crippen LogP contribution in [0.25, 0.3) is 0 Å². The van der Waals surface area contributed by atoms with E-state index < -0.39 is 0 Å². The van der Waals surface area contributed by atoms with Crippen molar-refractivity contribution in [3.63, 3.8) is 0 Å². The third-order valence-corrected chi connectivity index (χ3v) is 2.61. The zero-order chi connectivity index (χ0) is 12.7. The highest BCUT2D eigenvalue weighted by Crippen LogP contribution is 2.12. The van der Waals surface area contributed by atoms with Gasteiger partial charge < -0.3 is 15.5 Å². The summed E-state index contributed by atoms with van der Waals surface area (Å²) in [4.78, 5) is 0. The highest BCUT2D eigenvalue weighted by atomic mass is 16.4. The molecular weight excluding hydrogens is 216 g/mol. The topological polar surface area (TPSA) is 77.0 Å². The SMILES string of the molecule is CC(C)CCCC(C)Nc1nnc(CCN)o1. The average molecular weight is 240 g/mol. The molecule has 0 amide bonds. The fraction of sp³-hybridized carbons (Fsp3) is 0.833. The highest BCUT2D eigenvalue weighted by Gasteiger charge is 2.08. The van der Waals surface area contributed by atoms with Crippen LogP contribution in [0.15, 0.2) is 4.42 Å². The van der Waals surface area contributed by atoms with E-state index in [1.165, 1.54) is 12.8 Å². The van der Waals surface area contributed by atoms with Crippen molar-refractivity contribution in [3.05, 3.63) is 5.89 Å². The molecule has 1 aromatic rings. The van der Waals surface area contributed by atoms with Crippen molar-refractivity contribution < 1.29 is 4.42 Å². The Morgan fingerprint density at radius 2 is 2.00 bits per heavy atom. The third kappa shape index (κ3) is 5.68. The number of rotatable bonds is 8. The minimum atomic E-state index is 0.361. The summed E-state index contributed by atoms with van der Waals surface area (Å²) in [6, 6.07) is 0.866. The Labute approximate surface area is 103 Å². The first-order valence-corrected chi connectivity index (χ1v) is 6.40. The van der Waals surface area contributed by atoms with Crippen molar-refractivity contribution in [3.8, 4) is 0 Å². The molecule has 3 N–H and O–H groups in total. The lowest BCUT2D eigenvalue weighted by Crippen LogP contribution is -2.15. The number of hydrogen-bond acceptors (Lipinski definition) is 5. The minimum absolute atomic E-state index is 0.361. The van der Waals surface area contributed by atoms with Gasteiger partial charge in [-0.15, -0.1) is 5.10 Å². The van der Waals surface area contributed by atoms with Crippen LogP contribution in [0, 0.1) is 5.92 Å². The molecule has 1 rings (SSSR count). The maximum absolute atomic E-state index is 5.42. The van der Waals surface area contributed by atoms with E-state index >= 15 is 0 Å². The maximum Gasteiger partial charge on any atom is 0.315 e. The molecule has 0 aliphatic heterocycles. The number of nitrogens with one attached hydrogen (secondary N) is 1. The second-order valence-corrected chi connectivity index (χ2v) is 4.91. The van der Waals surface area contributed by atoms with Gasteiger partial charge in [0.25, 0.3) is 0 Å². The molecule has 1 unspecified atom stereocenters. The van der Waals surface area contributed by atoms with Crippen molar-refractivity contribution in [1.29, 1.82) is 0 Å². The quantitative estimate of drug-likeness (QED) is 0.728. The van der Waals surface area contributed by atoms with E-state index in [1.807, 2.05) is 0 Å². The number of nitrogens with two attached hydrogens (primary N) is 1. The zero-order valence-corrected chi connectivity index (χ0v) is 11.1. The zero-order valence-electron chi connectivity index (χ0n) is 11.1. The monoisotopic (exact) mass is 240 g/mol. The average Bonchev–Trinajstić information content (AvgIpc) is 2.65. The first-order valence-electron chi connectivity index (χ1n) is 6.40. The molecule has 1 atom stereocenters. The number of anilines is 1. The van der Waals surface area contributed by atoms with E-state index in [2.05, 4.69) is 36.3 Å². The minimum Gasteiger partial charge on any atom is -0.408 e. The number of nitrogens with zero attached hydrogens (tertiary/aromatic N) is 2. The van der Waals surface area contributed by atoms with Gasteiger partial charge in [0.15, 0.2) is 0 Å². The Morgan fingerprint density at radius 1 is 1.24 bits per heavy atom. The molecule has 0 aromatic carbocycles. The maximum atomic E-state index is 5.42. The van der Waals surface area contributed by atoms with Crippen LogP contribution in [0.3, 0.4) is 0 Å². The largest absolute Gasteiger partial charge is 0.408 e. The van der Waals surface area contributed by atoms with E-state index in [9.17, 15) is 0 Å². The van der Waals surface area contributed by atoms with E-state index in [0.29, 0.717) is 30.9 Å². The van der Waals surface area contributed by atoms with Crippen molar-refractivity contribution in [2.45, 2.75) is 52.5 Å². The Bertz CT molecular complexity index is 311. The lowest BCUT2D eigenvalue weighted by Gasteiger charge is -2.12. The summed E-state index contributed by atoms with van der Waals surface area (Å²) in [5.74, 6) is 1.37. The van der Waals surface area contributed by atoms with Gasteiger partial charge in [-0.3, -0.25) is 0 Å². The predicted molar refractivity (Wildman–Crippen MR) is 68.8 cm³/mol. The van der Waals surface area contributed by atoms with E-state index in [1.54, 1.807) is 0 Å². The second-order valence-electron chi connectivity index (χ2n) is 4.91. The van der Waals surface area contributed by atoms with Gasteiger partial charge >= 0.3 is 6.01 Å². The van der Waals surface area contributed by atoms with Crippen LogP contribution in [0.4, 0.5) is 6.01 Å². The van der Waals surface area contributed by atoms with Crippen LogP contribution < -0.4 is 11.1 Å². The lowest BCUT2D eigenvalue weighted by atomic mass is 10.0. The second kappa shape index (κ2) is 7.27. The van der Waals surface area contributed by atoms with Gasteiger partial charge in [0, 0.05) is 19.0 Å². The van der Waals surface area contributed by atoms with Crippen LogP contribution in [-0.2, 0) is 6.42 Å². The molecule has 0 saturated carbocycles. The van der Waals surface area contributed by atoms with Crippen LogP contribution in [0.5, 0.6) is 0 Å². The van der Waals surface area contributed by atoms with E-state index in [-0.39, 0.29) is 0 Å². The van der Waals surface area contributed by atoms with Gasteiger partial charge in [0.05, 0.1) is 0 Å². The summed E-state index contributed by atoms with van der Waals surface area (Å²) in [5, 5.41) is 11.1. The normalized spacial score (nSPS) is 13.0. The molecule has 0 aliphatic rings. The molecule has 17 heavy (non-hydrogen) atoms. The molecule has 0 bridgehead atoms. The molecule has 0 aliphatic carbocycles. The van der Waals surface area contributed by atoms with Crippen LogP contribution in [0.1, 0.15) is 45.9 Å².